The Balaban J connectivity index is 2.12. The second-order valence-corrected chi connectivity index (χ2v) is 5.84. The van der Waals surface area contributed by atoms with Crippen LogP contribution in [-0.2, 0) is 0 Å². The van der Waals surface area contributed by atoms with E-state index in [-0.39, 0.29) is 5.56 Å². The molecule has 2 heterocycles. The fraction of sp³-hybridized carbons (Fsp3) is 0.389. The van der Waals surface area contributed by atoms with Crippen LogP contribution < -0.4 is 19.1 Å². The Hall–Kier alpha value is -3.03. The number of aromatic carboxylic acids is 1. The number of carboxylic acids is 1. The van der Waals surface area contributed by atoms with E-state index in [0.29, 0.717) is 34.5 Å². The van der Waals surface area contributed by atoms with Crippen molar-refractivity contribution in [1.29, 1.82) is 0 Å². The molecule has 2 aromatic rings. The summed E-state index contributed by atoms with van der Waals surface area (Å²) < 4.78 is 16.1. The minimum atomic E-state index is -1.04. The SMILES string of the molecule is COc1cc(-c2ncc(C(=O)O)c(N3CCCC3)n2)cc(OC)c1OC. The van der Waals surface area contributed by atoms with E-state index < -0.39 is 5.97 Å². The van der Waals surface area contributed by atoms with Gasteiger partial charge in [-0.25, -0.2) is 14.8 Å². The highest BCUT2D eigenvalue weighted by Gasteiger charge is 2.23. The Labute approximate surface area is 151 Å². The molecule has 8 nitrogen and oxygen atoms in total. The number of aromatic nitrogens is 2. The van der Waals surface area contributed by atoms with Crippen LogP contribution in [0.4, 0.5) is 5.82 Å². The van der Waals surface area contributed by atoms with E-state index in [4.69, 9.17) is 14.2 Å². The Morgan fingerprint density at radius 3 is 2.19 bits per heavy atom. The molecule has 1 N–H and O–H groups in total. The summed E-state index contributed by atoms with van der Waals surface area (Å²) in [4.78, 5) is 22.3. The number of anilines is 1. The summed E-state index contributed by atoms with van der Waals surface area (Å²) in [6.45, 7) is 1.57. The van der Waals surface area contributed by atoms with Crippen LogP contribution in [0.25, 0.3) is 11.4 Å². The molecule has 26 heavy (non-hydrogen) atoms. The van der Waals surface area contributed by atoms with E-state index in [9.17, 15) is 9.90 Å². The van der Waals surface area contributed by atoms with Gasteiger partial charge in [0.1, 0.15) is 11.4 Å². The molecule has 8 heteroatoms. The van der Waals surface area contributed by atoms with Gasteiger partial charge in [-0.3, -0.25) is 0 Å². The second kappa shape index (κ2) is 7.47. The molecule has 0 atom stereocenters. The summed E-state index contributed by atoms with van der Waals surface area (Å²) in [7, 11) is 4.60. The van der Waals surface area contributed by atoms with Crippen molar-refractivity contribution in [3.8, 4) is 28.6 Å². The Morgan fingerprint density at radius 2 is 1.69 bits per heavy atom. The van der Waals surface area contributed by atoms with Gasteiger partial charge in [-0.05, 0) is 25.0 Å². The molecule has 0 aliphatic carbocycles. The van der Waals surface area contributed by atoms with Crippen molar-refractivity contribution in [2.45, 2.75) is 12.8 Å². The van der Waals surface area contributed by atoms with E-state index >= 15 is 0 Å². The molecule has 1 saturated heterocycles. The van der Waals surface area contributed by atoms with E-state index in [1.807, 2.05) is 4.90 Å². The van der Waals surface area contributed by atoms with Crippen molar-refractivity contribution in [1.82, 2.24) is 9.97 Å². The normalized spacial score (nSPS) is 13.6. The van der Waals surface area contributed by atoms with Crippen LogP contribution in [0.15, 0.2) is 18.3 Å². The van der Waals surface area contributed by atoms with Crippen molar-refractivity contribution in [2.75, 3.05) is 39.3 Å². The number of carboxylic acid groups (broad SMARTS) is 1. The maximum absolute atomic E-state index is 11.5. The fourth-order valence-corrected chi connectivity index (χ4v) is 3.04. The zero-order chi connectivity index (χ0) is 18.7. The highest BCUT2D eigenvalue weighted by molar-refractivity contribution is 5.93. The number of ether oxygens (including phenoxy) is 3. The summed E-state index contributed by atoms with van der Waals surface area (Å²) in [6.07, 6.45) is 3.38. The number of methoxy groups -OCH3 is 3. The van der Waals surface area contributed by atoms with Crippen molar-refractivity contribution >= 4 is 11.8 Å². The maximum atomic E-state index is 11.5. The third kappa shape index (κ3) is 3.22. The van der Waals surface area contributed by atoms with Gasteiger partial charge in [-0.1, -0.05) is 0 Å². The van der Waals surface area contributed by atoms with E-state index in [2.05, 4.69) is 9.97 Å². The van der Waals surface area contributed by atoms with Crippen molar-refractivity contribution < 1.29 is 24.1 Å². The van der Waals surface area contributed by atoms with Crippen molar-refractivity contribution in [3.05, 3.63) is 23.9 Å². The Morgan fingerprint density at radius 1 is 1.08 bits per heavy atom. The maximum Gasteiger partial charge on any atom is 0.341 e. The number of nitrogens with zero attached hydrogens (tertiary/aromatic N) is 3. The van der Waals surface area contributed by atoms with Crippen LogP contribution in [0.5, 0.6) is 17.2 Å². The number of hydrogen-bond acceptors (Lipinski definition) is 7. The van der Waals surface area contributed by atoms with Gasteiger partial charge in [0.25, 0.3) is 0 Å². The lowest BCUT2D eigenvalue weighted by Crippen LogP contribution is -2.22. The first-order chi connectivity index (χ1) is 12.6. The summed E-state index contributed by atoms with van der Waals surface area (Å²) in [6, 6.07) is 3.48. The molecule has 1 aromatic heterocycles. The lowest BCUT2D eigenvalue weighted by Gasteiger charge is -2.19. The number of benzene rings is 1. The Kier molecular flexibility index (Phi) is 5.11. The van der Waals surface area contributed by atoms with Crippen LogP contribution in [0, 0.1) is 0 Å². The molecular weight excluding hydrogens is 338 g/mol. The van der Waals surface area contributed by atoms with Gasteiger partial charge in [0.2, 0.25) is 5.75 Å². The van der Waals surface area contributed by atoms with Crippen LogP contribution in [-0.4, -0.2) is 55.5 Å². The van der Waals surface area contributed by atoms with E-state index in [0.717, 1.165) is 25.9 Å². The molecule has 0 spiro atoms. The van der Waals surface area contributed by atoms with Crippen molar-refractivity contribution in [2.24, 2.45) is 0 Å². The molecule has 0 amide bonds. The predicted octanol–water partition coefficient (Wildman–Crippen LogP) is 2.47. The van der Waals surface area contributed by atoms with Gasteiger partial charge in [0.05, 0.1) is 21.3 Å². The minimum Gasteiger partial charge on any atom is -0.493 e. The van der Waals surface area contributed by atoms with Gasteiger partial charge >= 0.3 is 5.97 Å². The molecule has 3 rings (SSSR count). The summed E-state index contributed by atoms with van der Waals surface area (Å²) in [5.74, 6) is 1.24. The predicted molar refractivity (Wildman–Crippen MR) is 95.5 cm³/mol. The van der Waals surface area contributed by atoms with Crippen LogP contribution in [0.3, 0.4) is 0 Å². The van der Waals surface area contributed by atoms with Gasteiger partial charge in [-0.2, -0.15) is 0 Å². The number of hydrogen-bond donors (Lipinski definition) is 1. The molecule has 0 bridgehead atoms. The quantitative estimate of drug-likeness (QED) is 0.841. The molecule has 1 fully saturated rings. The Bertz CT molecular complexity index is 793. The monoisotopic (exact) mass is 359 g/mol. The first-order valence-electron chi connectivity index (χ1n) is 8.24. The lowest BCUT2D eigenvalue weighted by molar-refractivity contribution is 0.0696. The van der Waals surface area contributed by atoms with E-state index in [1.54, 1.807) is 12.1 Å². The summed E-state index contributed by atoms with van der Waals surface area (Å²) in [5.41, 5.74) is 0.750. The van der Waals surface area contributed by atoms with Crippen molar-refractivity contribution in [3.63, 3.8) is 0 Å². The molecule has 138 valence electrons. The average Bonchev–Trinajstić information content (AvgIpc) is 3.20. The van der Waals surface area contributed by atoms with Gasteiger partial charge in [0.15, 0.2) is 17.3 Å². The molecule has 0 unspecified atom stereocenters. The average molecular weight is 359 g/mol. The molecule has 0 radical (unpaired) electrons. The van der Waals surface area contributed by atoms with Gasteiger partial charge in [-0.15, -0.1) is 0 Å². The first kappa shape index (κ1) is 17.8. The number of rotatable bonds is 6. The van der Waals surface area contributed by atoms with Crippen LogP contribution in [0.1, 0.15) is 23.2 Å². The molecule has 1 aliphatic heterocycles. The highest BCUT2D eigenvalue weighted by Crippen LogP contribution is 2.40. The summed E-state index contributed by atoms with van der Waals surface area (Å²) >= 11 is 0. The smallest absolute Gasteiger partial charge is 0.341 e. The van der Waals surface area contributed by atoms with E-state index in [1.165, 1.54) is 27.5 Å². The van der Waals surface area contributed by atoms with Crippen LogP contribution >= 0.6 is 0 Å². The lowest BCUT2D eigenvalue weighted by atomic mass is 10.1. The third-order valence-corrected chi connectivity index (χ3v) is 4.33. The molecular formula is C18H21N3O5. The van der Waals surface area contributed by atoms with Gasteiger partial charge < -0.3 is 24.2 Å². The minimum absolute atomic E-state index is 0.100. The second-order valence-electron chi connectivity index (χ2n) is 5.84. The third-order valence-electron chi connectivity index (χ3n) is 4.33. The highest BCUT2D eigenvalue weighted by atomic mass is 16.5. The molecule has 1 aromatic carbocycles. The molecule has 0 saturated carbocycles. The van der Waals surface area contributed by atoms with Gasteiger partial charge in [0, 0.05) is 24.8 Å². The molecule has 1 aliphatic rings. The fourth-order valence-electron chi connectivity index (χ4n) is 3.04. The largest absolute Gasteiger partial charge is 0.493 e. The standard InChI is InChI=1S/C18H21N3O5/c1-24-13-8-11(9-14(25-2)15(13)26-3)16-19-10-12(18(22)23)17(20-16)21-6-4-5-7-21/h8-10H,4-7H2,1-3H3,(H,22,23). The first-order valence-corrected chi connectivity index (χ1v) is 8.24. The van der Waals surface area contributed by atoms with Crippen LogP contribution in [0.2, 0.25) is 0 Å². The zero-order valence-electron chi connectivity index (χ0n) is 15.0. The summed E-state index contributed by atoms with van der Waals surface area (Å²) in [5, 5.41) is 9.46. The zero-order valence-corrected chi connectivity index (χ0v) is 15.0. The number of carbonyl (C=O) groups is 1. The topological polar surface area (TPSA) is 94.0 Å².